The standard InChI is InChI=1S/C17H23N5O.2ClH/c1-21-12-16(10-19-21)22-8-2-3-15(11-22)20-17(23)9-13-4-6-14(18)7-5-13;;/h4-7,10,12,15H,2-3,8-9,11,18H2,1H3,(H,20,23);2*1H. The van der Waals surface area contributed by atoms with Gasteiger partial charge in [-0.25, -0.2) is 0 Å². The molecule has 6 nitrogen and oxygen atoms in total. The monoisotopic (exact) mass is 385 g/mol. The lowest BCUT2D eigenvalue weighted by Gasteiger charge is -2.33. The highest BCUT2D eigenvalue weighted by molar-refractivity contribution is 5.85. The Bertz CT molecular complexity index is 674. The molecule has 1 aromatic carbocycles. The molecule has 1 amide bonds. The van der Waals surface area contributed by atoms with Crippen molar-refractivity contribution in [2.45, 2.75) is 25.3 Å². The molecule has 3 N–H and O–H groups in total. The Morgan fingerprint density at radius 3 is 2.68 bits per heavy atom. The van der Waals surface area contributed by atoms with Crippen LogP contribution in [0, 0.1) is 0 Å². The zero-order valence-corrected chi connectivity index (χ0v) is 15.9. The van der Waals surface area contributed by atoms with Crippen LogP contribution in [0.25, 0.3) is 0 Å². The van der Waals surface area contributed by atoms with E-state index in [9.17, 15) is 4.79 Å². The van der Waals surface area contributed by atoms with Gasteiger partial charge in [0.15, 0.2) is 0 Å². The van der Waals surface area contributed by atoms with E-state index in [2.05, 4.69) is 15.3 Å². The van der Waals surface area contributed by atoms with Crippen LogP contribution in [0.5, 0.6) is 0 Å². The molecule has 8 heteroatoms. The van der Waals surface area contributed by atoms with Crippen molar-refractivity contribution < 1.29 is 4.79 Å². The van der Waals surface area contributed by atoms with E-state index in [0.29, 0.717) is 12.1 Å². The van der Waals surface area contributed by atoms with Gasteiger partial charge in [-0.1, -0.05) is 12.1 Å². The Morgan fingerprint density at radius 1 is 1.32 bits per heavy atom. The lowest BCUT2D eigenvalue weighted by molar-refractivity contribution is -0.121. The van der Waals surface area contributed by atoms with Gasteiger partial charge in [0.2, 0.25) is 5.91 Å². The molecule has 25 heavy (non-hydrogen) atoms. The van der Waals surface area contributed by atoms with E-state index in [1.807, 2.05) is 43.7 Å². The van der Waals surface area contributed by atoms with E-state index in [1.165, 1.54) is 0 Å². The Kier molecular flexibility index (Phi) is 8.06. The normalized spacial score (nSPS) is 16.5. The fourth-order valence-electron chi connectivity index (χ4n) is 3.00. The van der Waals surface area contributed by atoms with Gasteiger partial charge in [-0.3, -0.25) is 9.48 Å². The molecule has 0 aliphatic carbocycles. The zero-order chi connectivity index (χ0) is 16.2. The Morgan fingerprint density at radius 2 is 2.04 bits per heavy atom. The minimum absolute atomic E-state index is 0. The number of nitrogens with one attached hydrogen (secondary N) is 1. The van der Waals surface area contributed by atoms with E-state index in [0.717, 1.165) is 37.2 Å². The summed E-state index contributed by atoms with van der Waals surface area (Å²) in [6, 6.07) is 7.64. The molecule has 1 atom stereocenters. The molecular weight excluding hydrogens is 361 g/mol. The molecule has 0 saturated carbocycles. The number of aromatic nitrogens is 2. The van der Waals surface area contributed by atoms with Crippen molar-refractivity contribution in [3.8, 4) is 0 Å². The number of hydrogen-bond acceptors (Lipinski definition) is 4. The molecule has 2 aromatic rings. The zero-order valence-electron chi connectivity index (χ0n) is 14.2. The summed E-state index contributed by atoms with van der Waals surface area (Å²) in [5.41, 5.74) is 8.48. The minimum atomic E-state index is 0. The number of anilines is 2. The quantitative estimate of drug-likeness (QED) is 0.790. The van der Waals surface area contributed by atoms with Gasteiger partial charge >= 0.3 is 0 Å². The van der Waals surface area contributed by atoms with Crippen molar-refractivity contribution in [2.75, 3.05) is 23.7 Å². The maximum Gasteiger partial charge on any atom is 0.224 e. The van der Waals surface area contributed by atoms with E-state index >= 15 is 0 Å². The van der Waals surface area contributed by atoms with E-state index < -0.39 is 0 Å². The van der Waals surface area contributed by atoms with E-state index in [-0.39, 0.29) is 36.8 Å². The van der Waals surface area contributed by atoms with Gasteiger partial charge < -0.3 is 16.0 Å². The van der Waals surface area contributed by atoms with Crippen LogP contribution in [0.1, 0.15) is 18.4 Å². The first-order valence-corrected chi connectivity index (χ1v) is 7.97. The maximum atomic E-state index is 12.2. The predicted molar refractivity (Wildman–Crippen MR) is 106 cm³/mol. The molecule has 3 rings (SSSR count). The van der Waals surface area contributed by atoms with Crippen LogP contribution in [0.4, 0.5) is 11.4 Å². The molecule has 2 heterocycles. The molecule has 138 valence electrons. The smallest absolute Gasteiger partial charge is 0.224 e. The van der Waals surface area contributed by atoms with Gasteiger partial charge in [-0.05, 0) is 30.5 Å². The van der Waals surface area contributed by atoms with Crippen molar-refractivity contribution in [1.82, 2.24) is 15.1 Å². The number of piperidine rings is 1. The molecule has 1 fully saturated rings. The lowest BCUT2D eigenvalue weighted by atomic mass is 10.0. The number of benzene rings is 1. The SMILES string of the molecule is Cl.Cl.Cn1cc(N2CCCC(NC(=O)Cc3ccc(N)cc3)C2)cn1. The highest BCUT2D eigenvalue weighted by atomic mass is 35.5. The van der Waals surface area contributed by atoms with Gasteiger partial charge in [0, 0.05) is 38.1 Å². The van der Waals surface area contributed by atoms with Crippen LogP contribution >= 0.6 is 24.8 Å². The van der Waals surface area contributed by atoms with Gasteiger partial charge in [-0.2, -0.15) is 5.10 Å². The van der Waals surface area contributed by atoms with Crippen LogP contribution in [-0.2, 0) is 18.3 Å². The number of nitrogens with two attached hydrogens (primary N) is 1. The highest BCUT2D eigenvalue weighted by Gasteiger charge is 2.22. The Hall–Kier alpha value is -1.92. The Balaban J connectivity index is 0.00000156. The first-order chi connectivity index (χ1) is 11.1. The van der Waals surface area contributed by atoms with Crippen molar-refractivity contribution in [2.24, 2.45) is 7.05 Å². The molecule has 0 radical (unpaired) electrons. The number of carbonyl (C=O) groups is 1. The first-order valence-electron chi connectivity index (χ1n) is 7.97. The second kappa shape index (κ2) is 9.53. The summed E-state index contributed by atoms with van der Waals surface area (Å²) >= 11 is 0. The number of aryl methyl sites for hydroxylation is 1. The summed E-state index contributed by atoms with van der Waals surface area (Å²) < 4.78 is 1.80. The summed E-state index contributed by atoms with van der Waals surface area (Å²) in [6.07, 6.45) is 6.37. The second-order valence-electron chi connectivity index (χ2n) is 6.14. The van der Waals surface area contributed by atoms with Crippen molar-refractivity contribution >= 4 is 42.1 Å². The predicted octanol–water partition coefficient (Wildman–Crippen LogP) is 2.17. The van der Waals surface area contributed by atoms with Crippen LogP contribution in [-0.4, -0.2) is 34.8 Å². The number of halogens is 2. The molecule has 1 saturated heterocycles. The van der Waals surface area contributed by atoms with Gasteiger partial charge in [0.25, 0.3) is 0 Å². The molecule has 1 unspecified atom stereocenters. The van der Waals surface area contributed by atoms with Crippen molar-refractivity contribution in [1.29, 1.82) is 0 Å². The van der Waals surface area contributed by atoms with Crippen molar-refractivity contribution in [3.05, 3.63) is 42.2 Å². The Labute approximate surface area is 160 Å². The van der Waals surface area contributed by atoms with Crippen LogP contribution in [0.15, 0.2) is 36.7 Å². The van der Waals surface area contributed by atoms with Gasteiger partial charge in [0.1, 0.15) is 0 Å². The summed E-state index contributed by atoms with van der Waals surface area (Å²) in [5, 5.41) is 7.37. The fourth-order valence-corrected chi connectivity index (χ4v) is 3.00. The maximum absolute atomic E-state index is 12.2. The molecule has 1 aliphatic heterocycles. The number of nitrogen functional groups attached to an aromatic ring is 1. The van der Waals surface area contributed by atoms with Crippen LogP contribution < -0.4 is 16.0 Å². The van der Waals surface area contributed by atoms with Gasteiger partial charge in [0.05, 0.1) is 18.3 Å². The average molecular weight is 386 g/mol. The third-order valence-electron chi connectivity index (χ3n) is 4.19. The summed E-state index contributed by atoms with van der Waals surface area (Å²) in [7, 11) is 1.92. The average Bonchev–Trinajstić information content (AvgIpc) is 2.96. The minimum Gasteiger partial charge on any atom is -0.399 e. The highest BCUT2D eigenvalue weighted by Crippen LogP contribution is 2.19. The van der Waals surface area contributed by atoms with E-state index in [1.54, 1.807) is 4.68 Å². The summed E-state index contributed by atoms with van der Waals surface area (Å²) in [4.78, 5) is 14.5. The number of carbonyl (C=O) groups excluding carboxylic acids is 1. The summed E-state index contributed by atoms with van der Waals surface area (Å²) in [5.74, 6) is 0.0628. The molecule has 1 aromatic heterocycles. The summed E-state index contributed by atoms with van der Waals surface area (Å²) in [6.45, 7) is 1.84. The number of rotatable bonds is 4. The molecule has 0 spiro atoms. The molecule has 0 bridgehead atoms. The second-order valence-corrected chi connectivity index (χ2v) is 6.14. The number of nitrogens with zero attached hydrogens (tertiary/aromatic N) is 3. The van der Waals surface area contributed by atoms with Crippen LogP contribution in [0.2, 0.25) is 0 Å². The third kappa shape index (κ3) is 5.83. The third-order valence-corrected chi connectivity index (χ3v) is 4.19. The largest absolute Gasteiger partial charge is 0.399 e. The topological polar surface area (TPSA) is 76.2 Å². The van der Waals surface area contributed by atoms with Crippen LogP contribution in [0.3, 0.4) is 0 Å². The lowest BCUT2D eigenvalue weighted by Crippen LogP contribution is -2.48. The fraction of sp³-hybridized carbons (Fsp3) is 0.412. The first kappa shape index (κ1) is 21.1. The molecule has 1 aliphatic rings. The molecular formula is C17H25Cl2N5O. The van der Waals surface area contributed by atoms with Crippen molar-refractivity contribution in [3.63, 3.8) is 0 Å². The number of hydrogen-bond donors (Lipinski definition) is 2. The van der Waals surface area contributed by atoms with Gasteiger partial charge in [-0.15, -0.1) is 24.8 Å². The van der Waals surface area contributed by atoms with E-state index in [4.69, 9.17) is 5.73 Å². The number of amides is 1.